The van der Waals surface area contributed by atoms with Crippen LogP contribution in [-0.2, 0) is 28.5 Å². The monoisotopic (exact) mass is 500 g/mol. The maximum Gasteiger partial charge on any atom is 0.407 e. The Hall–Kier alpha value is -3.47. The van der Waals surface area contributed by atoms with Gasteiger partial charge < -0.3 is 34.7 Å². The van der Waals surface area contributed by atoms with Gasteiger partial charge in [0.25, 0.3) is 0 Å². The summed E-state index contributed by atoms with van der Waals surface area (Å²) in [4.78, 5) is 33.8. The maximum atomic E-state index is 12.1. The molecule has 0 saturated heterocycles. The second-order valence-corrected chi connectivity index (χ2v) is 8.07. The van der Waals surface area contributed by atoms with Crippen LogP contribution in [0, 0.1) is 0 Å². The summed E-state index contributed by atoms with van der Waals surface area (Å²) in [6.45, 7) is 1.71. The van der Waals surface area contributed by atoms with Crippen LogP contribution in [0.1, 0.15) is 23.5 Å². The molecule has 0 atom stereocenters. The Morgan fingerprint density at radius 1 is 0.750 bits per heavy atom. The second-order valence-electron chi connectivity index (χ2n) is 8.07. The molecule has 2 aromatic rings. The predicted octanol–water partition coefficient (Wildman–Crippen LogP) is 2.17. The lowest BCUT2D eigenvalue weighted by Crippen LogP contribution is -2.31. The highest BCUT2D eigenvalue weighted by Gasteiger charge is 2.28. The lowest BCUT2D eigenvalue weighted by molar-refractivity contribution is -0.143. The lowest BCUT2D eigenvalue weighted by Gasteiger charge is -2.14. The fourth-order valence-corrected chi connectivity index (χ4v) is 3.88. The Bertz CT molecular complexity index is 967. The van der Waals surface area contributed by atoms with E-state index in [1.54, 1.807) is 0 Å². The number of carbonyl (C=O) groups is 3. The number of hydrogen-bond donors (Lipinski definition) is 3. The van der Waals surface area contributed by atoms with Gasteiger partial charge in [-0.3, -0.25) is 4.79 Å². The molecule has 36 heavy (non-hydrogen) atoms. The molecule has 1 aliphatic rings. The molecule has 1 aliphatic carbocycles. The van der Waals surface area contributed by atoms with E-state index >= 15 is 0 Å². The van der Waals surface area contributed by atoms with Gasteiger partial charge >= 0.3 is 12.1 Å². The number of carbonyl (C=O) groups excluding carboxylic acids is 2. The minimum Gasteiger partial charge on any atom is -0.480 e. The number of benzene rings is 2. The molecule has 0 bridgehead atoms. The molecule has 2 amide bonds. The van der Waals surface area contributed by atoms with Crippen LogP contribution in [0.25, 0.3) is 11.1 Å². The van der Waals surface area contributed by atoms with E-state index in [9.17, 15) is 14.4 Å². The molecule has 2 aromatic carbocycles. The third-order valence-corrected chi connectivity index (χ3v) is 5.48. The number of fused-ring (bicyclic) bond motifs is 3. The number of rotatable bonds is 16. The van der Waals surface area contributed by atoms with Crippen molar-refractivity contribution in [2.75, 3.05) is 59.3 Å². The van der Waals surface area contributed by atoms with Crippen LogP contribution in [0.15, 0.2) is 48.5 Å². The fraction of sp³-hybridized carbons (Fsp3) is 0.423. The second kappa shape index (κ2) is 14.8. The zero-order valence-electron chi connectivity index (χ0n) is 20.1. The van der Waals surface area contributed by atoms with Gasteiger partial charge in [0.05, 0.1) is 19.8 Å². The van der Waals surface area contributed by atoms with Gasteiger partial charge in [0.15, 0.2) is 0 Å². The number of carboxylic acid groups (broad SMARTS) is 1. The van der Waals surface area contributed by atoms with Gasteiger partial charge in [-0.2, -0.15) is 0 Å². The van der Waals surface area contributed by atoms with Crippen LogP contribution in [0.3, 0.4) is 0 Å². The number of ether oxygens (including phenoxy) is 4. The molecule has 194 valence electrons. The Morgan fingerprint density at radius 3 is 2.06 bits per heavy atom. The zero-order valence-corrected chi connectivity index (χ0v) is 20.1. The topological polar surface area (TPSA) is 132 Å². The number of amides is 2. The van der Waals surface area contributed by atoms with E-state index in [-0.39, 0.29) is 19.1 Å². The van der Waals surface area contributed by atoms with Gasteiger partial charge in [-0.1, -0.05) is 48.5 Å². The first-order chi connectivity index (χ1) is 17.6. The van der Waals surface area contributed by atoms with Gasteiger partial charge in [0.1, 0.15) is 19.8 Å². The van der Waals surface area contributed by atoms with Crippen molar-refractivity contribution in [3.8, 4) is 11.1 Å². The predicted molar refractivity (Wildman–Crippen MR) is 131 cm³/mol. The van der Waals surface area contributed by atoms with E-state index in [0.717, 1.165) is 0 Å². The van der Waals surface area contributed by atoms with Gasteiger partial charge in [0, 0.05) is 25.6 Å². The van der Waals surface area contributed by atoms with Crippen LogP contribution in [0.5, 0.6) is 0 Å². The van der Waals surface area contributed by atoms with Gasteiger partial charge in [-0.25, -0.2) is 9.59 Å². The first-order valence-corrected chi connectivity index (χ1v) is 11.9. The molecule has 3 rings (SSSR count). The summed E-state index contributed by atoms with van der Waals surface area (Å²) >= 11 is 0. The first-order valence-electron chi connectivity index (χ1n) is 11.9. The van der Waals surface area contributed by atoms with Crippen molar-refractivity contribution in [3.05, 3.63) is 59.7 Å². The Morgan fingerprint density at radius 2 is 1.39 bits per heavy atom. The number of alkyl carbamates (subject to hydrolysis) is 1. The standard InChI is InChI=1S/C26H32N2O8/c29-24(17-35-18-25(30)31)27-11-13-34-15-14-33-12-5-10-28-26(32)36-16-23-21-8-3-1-6-19(21)20-7-2-4-9-22(20)23/h1-4,6-9,23H,5,10-18H2,(H,27,29)(H,28,32)(H,30,31). The van der Waals surface area contributed by atoms with Crippen LogP contribution in [0.2, 0.25) is 0 Å². The number of nitrogens with one attached hydrogen (secondary N) is 2. The SMILES string of the molecule is O=C(O)COCC(=O)NCCOCCOCCCNC(=O)OCC1c2ccccc2-c2ccccc21. The van der Waals surface area contributed by atoms with Crippen LogP contribution < -0.4 is 10.6 Å². The smallest absolute Gasteiger partial charge is 0.407 e. The van der Waals surface area contributed by atoms with Gasteiger partial charge in [-0.15, -0.1) is 0 Å². The minimum absolute atomic E-state index is 0.0325. The molecule has 0 saturated carbocycles. The normalized spacial score (nSPS) is 12.0. The van der Waals surface area contributed by atoms with Crippen LogP contribution in [-0.4, -0.2) is 82.4 Å². The molecule has 0 heterocycles. The van der Waals surface area contributed by atoms with Crippen LogP contribution >= 0.6 is 0 Å². The van der Waals surface area contributed by atoms with Crippen molar-refractivity contribution in [2.45, 2.75) is 12.3 Å². The largest absolute Gasteiger partial charge is 0.480 e. The summed E-state index contributed by atoms with van der Waals surface area (Å²) in [5.74, 6) is -1.50. The Kier molecular flexibility index (Phi) is 11.2. The van der Waals surface area contributed by atoms with Crippen molar-refractivity contribution < 1.29 is 38.4 Å². The van der Waals surface area contributed by atoms with Crippen molar-refractivity contribution in [1.29, 1.82) is 0 Å². The summed E-state index contributed by atoms with van der Waals surface area (Å²) in [7, 11) is 0. The Balaban J connectivity index is 1.18. The van der Waals surface area contributed by atoms with E-state index in [1.165, 1.54) is 22.3 Å². The molecular formula is C26H32N2O8. The molecule has 0 aromatic heterocycles. The van der Waals surface area contributed by atoms with E-state index in [4.69, 9.17) is 19.3 Å². The van der Waals surface area contributed by atoms with Crippen molar-refractivity contribution in [2.24, 2.45) is 0 Å². The maximum absolute atomic E-state index is 12.1. The highest BCUT2D eigenvalue weighted by Crippen LogP contribution is 2.44. The fourth-order valence-electron chi connectivity index (χ4n) is 3.88. The zero-order chi connectivity index (χ0) is 25.6. The minimum atomic E-state index is -1.13. The number of aliphatic carboxylic acids is 1. The molecule has 0 aliphatic heterocycles. The summed E-state index contributed by atoms with van der Waals surface area (Å²) in [6, 6.07) is 16.4. The quantitative estimate of drug-likeness (QED) is 0.299. The highest BCUT2D eigenvalue weighted by molar-refractivity contribution is 5.79. The van der Waals surface area contributed by atoms with Gasteiger partial charge in [0.2, 0.25) is 5.91 Å². The van der Waals surface area contributed by atoms with Crippen molar-refractivity contribution in [3.63, 3.8) is 0 Å². The van der Waals surface area contributed by atoms with Crippen LogP contribution in [0.4, 0.5) is 4.79 Å². The number of hydrogen-bond acceptors (Lipinski definition) is 7. The summed E-state index contributed by atoms with van der Waals surface area (Å²) in [5, 5.41) is 13.7. The molecule has 0 unspecified atom stereocenters. The number of carboxylic acids is 1. The molecule has 0 fully saturated rings. The van der Waals surface area contributed by atoms with Gasteiger partial charge in [-0.05, 0) is 28.7 Å². The summed E-state index contributed by atoms with van der Waals surface area (Å²) < 4.78 is 21.0. The van der Waals surface area contributed by atoms with E-state index in [0.29, 0.717) is 45.9 Å². The molecule has 0 radical (unpaired) electrons. The van der Waals surface area contributed by atoms with E-state index < -0.39 is 24.6 Å². The first kappa shape index (κ1) is 27.1. The highest BCUT2D eigenvalue weighted by atomic mass is 16.5. The molecule has 10 nitrogen and oxygen atoms in total. The average molecular weight is 501 g/mol. The average Bonchev–Trinajstić information content (AvgIpc) is 3.19. The molecule has 0 spiro atoms. The molecule has 10 heteroatoms. The summed E-state index contributed by atoms with van der Waals surface area (Å²) in [6.07, 6.45) is 0.187. The summed E-state index contributed by atoms with van der Waals surface area (Å²) in [5.41, 5.74) is 4.73. The third kappa shape index (κ3) is 8.63. The third-order valence-electron chi connectivity index (χ3n) is 5.48. The van der Waals surface area contributed by atoms with E-state index in [1.807, 2.05) is 24.3 Å². The van der Waals surface area contributed by atoms with E-state index in [2.05, 4.69) is 39.6 Å². The molecular weight excluding hydrogens is 468 g/mol. The van der Waals surface area contributed by atoms with Crippen molar-refractivity contribution >= 4 is 18.0 Å². The lowest BCUT2D eigenvalue weighted by atomic mass is 9.98. The van der Waals surface area contributed by atoms with Crippen molar-refractivity contribution in [1.82, 2.24) is 10.6 Å². The Labute approximate surface area is 209 Å². The molecule has 3 N–H and O–H groups in total.